The molecule has 0 spiro atoms. The highest BCUT2D eigenvalue weighted by Crippen LogP contribution is 2.40. The van der Waals surface area contributed by atoms with E-state index in [4.69, 9.17) is 9.47 Å². The Kier molecular flexibility index (Phi) is 7.57. The van der Waals surface area contributed by atoms with Gasteiger partial charge in [0.2, 0.25) is 0 Å². The summed E-state index contributed by atoms with van der Waals surface area (Å²) in [6.45, 7) is 6.98. The summed E-state index contributed by atoms with van der Waals surface area (Å²) in [4.78, 5) is 16.0. The molecule has 9 heteroatoms. The number of hydrogen-bond donors (Lipinski definition) is 1. The zero-order chi connectivity index (χ0) is 24.4. The van der Waals surface area contributed by atoms with Crippen molar-refractivity contribution in [3.05, 3.63) is 62.8 Å². The number of nitrogens with zero attached hydrogens (tertiary/aromatic N) is 2. The smallest absolute Gasteiger partial charge is 0.341 e. The summed E-state index contributed by atoms with van der Waals surface area (Å²) in [7, 11) is 1.83. The first kappa shape index (κ1) is 24.7. The summed E-state index contributed by atoms with van der Waals surface area (Å²) in [5.41, 5.74) is 3.83. The number of halogens is 1. The lowest BCUT2D eigenvalue weighted by Gasteiger charge is -2.27. The Hall–Kier alpha value is -2.46. The number of hydrogen-bond acceptors (Lipinski definition) is 6. The number of fused-ring (bicyclic) bond motifs is 1. The standard InChI is InChI=1S/C25H27BrN2O5S/c1-4-33-25(30)21-20-17(14-28-9-11-32-12-10-28)23(29)18(26)13-19(20)27(3)22(21)24(34-31)16-8-6-5-7-15(16)2/h5-8,13,29H,4,9-12,14H2,1-3H3. The van der Waals surface area contributed by atoms with E-state index >= 15 is 0 Å². The first-order valence-electron chi connectivity index (χ1n) is 11.1. The van der Waals surface area contributed by atoms with Crippen LogP contribution in [0.1, 0.15) is 39.7 Å². The van der Waals surface area contributed by atoms with Gasteiger partial charge in [0.25, 0.3) is 0 Å². The molecule has 2 aromatic carbocycles. The molecule has 1 aromatic heterocycles. The number of aryl methyl sites for hydroxylation is 2. The monoisotopic (exact) mass is 546 g/mol. The second-order valence-electron chi connectivity index (χ2n) is 8.20. The fourth-order valence-electron chi connectivity index (χ4n) is 4.47. The Morgan fingerprint density at radius 1 is 1.26 bits per heavy atom. The number of aromatic hydroxyl groups is 1. The van der Waals surface area contributed by atoms with Gasteiger partial charge < -0.3 is 19.1 Å². The van der Waals surface area contributed by atoms with E-state index in [1.807, 2.05) is 42.8 Å². The average Bonchev–Trinajstić information content (AvgIpc) is 3.11. The minimum Gasteiger partial charge on any atom is -0.506 e. The van der Waals surface area contributed by atoms with E-state index in [9.17, 15) is 14.1 Å². The van der Waals surface area contributed by atoms with Gasteiger partial charge in [0, 0.05) is 37.6 Å². The van der Waals surface area contributed by atoms with E-state index in [0.717, 1.165) is 29.7 Å². The predicted molar refractivity (Wildman–Crippen MR) is 137 cm³/mol. The van der Waals surface area contributed by atoms with Crippen LogP contribution in [0, 0.1) is 6.92 Å². The number of carbonyl (C=O) groups excluding carboxylic acids is 1. The highest BCUT2D eigenvalue weighted by atomic mass is 79.9. The van der Waals surface area contributed by atoms with Gasteiger partial charge in [-0.05, 0) is 47.0 Å². The molecule has 0 unspecified atom stereocenters. The number of rotatable bonds is 6. The second kappa shape index (κ2) is 10.4. The molecule has 1 fully saturated rings. The molecule has 1 saturated heterocycles. The van der Waals surface area contributed by atoms with E-state index < -0.39 is 5.97 Å². The maximum absolute atomic E-state index is 13.4. The molecular weight excluding hydrogens is 520 g/mol. The molecule has 180 valence electrons. The quantitative estimate of drug-likeness (QED) is 0.288. The third-order valence-corrected chi connectivity index (χ3v) is 7.35. The van der Waals surface area contributed by atoms with Gasteiger partial charge in [0.1, 0.15) is 5.75 Å². The van der Waals surface area contributed by atoms with Crippen LogP contribution < -0.4 is 0 Å². The first-order chi connectivity index (χ1) is 16.4. The number of ether oxygens (including phenoxy) is 2. The van der Waals surface area contributed by atoms with Gasteiger partial charge in [0.15, 0.2) is 0 Å². The highest BCUT2D eigenvalue weighted by molar-refractivity contribution is 9.10. The molecule has 1 aliphatic rings. The maximum Gasteiger partial charge on any atom is 0.341 e. The summed E-state index contributed by atoms with van der Waals surface area (Å²) < 4.78 is 25.8. The maximum atomic E-state index is 13.4. The van der Waals surface area contributed by atoms with Crippen LogP contribution in [-0.4, -0.2) is 62.5 Å². The SMILES string of the molecule is CCOC(=O)c1c(C(=S=O)c2ccccc2C)n(C)c2cc(Br)c(O)c(CN3CCOCC3)c12. The summed E-state index contributed by atoms with van der Waals surface area (Å²) in [6.07, 6.45) is 0. The van der Waals surface area contributed by atoms with Crippen LogP contribution in [0.2, 0.25) is 0 Å². The Labute approximate surface area is 210 Å². The number of morpholine rings is 1. The Morgan fingerprint density at radius 3 is 2.62 bits per heavy atom. The first-order valence-corrected chi connectivity index (χ1v) is 12.7. The number of esters is 1. The van der Waals surface area contributed by atoms with Crippen molar-refractivity contribution in [1.82, 2.24) is 9.47 Å². The number of phenols is 1. The van der Waals surface area contributed by atoms with Crippen LogP contribution in [0.4, 0.5) is 0 Å². The zero-order valence-corrected chi connectivity index (χ0v) is 21.8. The molecule has 1 N–H and O–H groups in total. The highest BCUT2D eigenvalue weighted by Gasteiger charge is 2.31. The molecule has 1 aliphatic heterocycles. The van der Waals surface area contributed by atoms with Gasteiger partial charge in [-0.15, -0.1) is 0 Å². The van der Waals surface area contributed by atoms with Crippen molar-refractivity contribution in [3.8, 4) is 5.75 Å². The Balaban J connectivity index is 2.05. The fraction of sp³-hybridized carbons (Fsp3) is 0.360. The van der Waals surface area contributed by atoms with Gasteiger partial charge in [-0.25, -0.2) is 9.00 Å². The number of benzene rings is 2. The Morgan fingerprint density at radius 2 is 1.97 bits per heavy atom. The molecule has 4 rings (SSSR count). The van der Waals surface area contributed by atoms with Crippen LogP contribution >= 0.6 is 15.9 Å². The van der Waals surface area contributed by atoms with Crippen molar-refractivity contribution >= 4 is 48.9 Å². The predicted octanol–water partition coefficient (Wildman–Crippen LogP) is 3.75. The molecule has 0 amide bonds. The van der Waals surface area contributed by atoms with E-state index in [1.54, 1.807) is 13.0 Å². The molecular formula is C25H27BrN2O5S. The third kappa shape index (κ3) is 4.45. The summed E-state index contributed by atoms with van der Waals surface area (Å²) in [5, 5.41) is 11.7. The van der Waals surface area contributed by atoms with Crippen molar-refractivity contribution in [2.45, 2.75) is 20.4 Å². The van der Waals surface area contributed by atoms with E-state index in [0.29, 0.717) is 62.6 Å². The lowest BCUT2D eigenvalue weighted by Crippen LogP contribution is -2.35. The largest absolute Gasteiger partial charge is 0.506 e. The minimum absolute atomic E-state index is 0.0777. The fourth-order valence-corrected chi connectivity index (χ4v) is 5.56. The van der Waals surface area contributed by atoms with Crippen LogP contribution in [0.3, 0.4) is 0 Å². The second-order valence-corrected chi connectivity index (χ2v) is 9.63. The minimum atomic E-state index is -0.520. The molecule has 0 atom stereocenters. The summed E-state index contributed by atoms with van der Waals surface area (Å²) in [5.74, 6) is -0.443. The topological polar surface area (TPSA) is 81.0 Å². The van der Waals surface area contributed by atoms with Crippen LogP contribution in [0.15, 0.2) is 34.8 Å². The molecule has 7 nitrogen and oxygen atoms in total. The number of carbonyl (C=O) groups is 1. The van der Waals surface area contributed by atoms with Crippen LogP contribution in [0.5, 0.6) is 5.75 Å². The summed E-state index contributed by atoms with van der Waals surface area (Å²) in [6, 6.07) is 9.38. The van der Waals surface area contributed by atoms with E-state index in [-0.39, 0.29) is 12.4 Å². The van der Waals surface area contributed by atoms with Crippen molar-refractivity contribution in [2.75, 3.05) is 32.9 Å². The van der Waals surface area contributed by atoms with Crippen LogP contribution in [-0.2, 0) is 34.3 Å². The van der Waals surface area contributed by atoms with Crippen molar-refractivity contribution in [1.29, 1.82) is 0 Å². The molecule has 0 saturated carbocycles. The lowest BCUT2D eigenvalue weighted by molar-refractivity contribution is 0.0340. The van der Waals surface area contributed by atoms with Gasteiger partial charge in [-0.3, -0.25) is 4.90 Å². The average molecular weight is 547 g/mol. The molecule has 3 aromatic rings. The molecule has 2 heterocycles. The van der Waals surface area contributed by atoms with Gasteiger partial charge in [0.05, 0.1) is 57.2 Å². The van der Waals surface area contributed by atoms with Crippen molar-refractivity contribution in [2.24, 2.45) is 7.05 Å². The Bertz CT molecular complexity index is 1310. The molecule has 0 aliphatic carbocycles. The van der Waals surface area contributed by atoms with Crippen molar-refractivity contribution < 1.29 is 23.6 Å². The lowest BCUT2D eigenvalue weighted by atomic mass is 9.98. The molecule has 34 heavy (non-hydrogen) atoms. The molecule has 0 radical (unpaired) electrons. The van der Waals surface area contributed by atoms with Gasteiger partial charge in [-0.1, -0.05) is 24.3 Å². The summed E-state index contributed by atoms with van der Waals surface area (Å²) >= 11 is 3.84. The van der Waals surface area contributed by atoms with E-state index in [1.165, 1.54) is 0 Å². The van der Waals surface area contributed by atoms with Crippen molar-refractivity contribution in [3.63, 3.8) is 0 Å². The normalized spacial score (nSPS) is 14.4. The zero-order valence-electron chi connectivity index (χ0n) is 19.4. The van der Waals surface area contributed by atoms with Gasteiger partial charge in [-0.2, -0.15) is 0 Å². The number of phenolic OH excluding ortho intramolecular Hbond substituents is 1. The third-order valence-electron chi connectivity index (χ3n) is 6.17. The van der Waals surface area contributed by atoms with Gasteiger partial charge >= 0.3 is 5.97 Å². The van der Waals surface area contributed by atoms with E-state index in [2.05, 4.69) is 20.8 Å². The molecule has 0 bridgehead atoms. The van der Waals surface area contributed by atoms with Crippen LogP contribution in [0.25, 0.3) is 10.9 Å². The number of aromatic nitrogens is 1.